The Balaban J connectivity index is 5.02. The summed E-state index contributed by atoms with van der Waals surface area (Å²) in [4.78, 5) is -4.85. The van der Waals surface area contributed by atoms with Crippen molar-refractivity contribution in [2.75, 3.05) is 0 Å². The monoisotopic (exact) mass is 268 g/mol. The molecule has 0 unspecified atom stereocenters. The van der Waals surface area contributed by atoms with Gasteiger partial charge in [0.05, 0.1) is 0 Å². The van der Waals surface area contributed by atoms with Crippen LogP contribution in [-0.2, 0) is 0 Å². The van der Waals surface area contributed by atoms with Crippen LogP contribution in [-0.4, -0.2) is 27.2 Å². The van der Waals surface area contributed by atoms with Crippen molar-refractivity contribution in [3.8, 4) is 0 Å². The average Bonchev–Trinajstić information content (AvgIpc) is 1.44. The first-order valence-electron chi connectivity index (χ1n) is 2.57. The van der Waals surface area contributed by atoms with Crippen LogP contribution in [0.5, 0.6) is 0 Å². The molecule has 0 bridgehead atoms. The van der Waals surface area contributed by atoms with E-state index in [1.807, 2.05) is 0 Å². The molecule has 12 heteroatoms. The van der Waals surface area contributed by atoms with Gasteiger partial charge in [-0.3, -0.25) is 0 Å². The zero-order chi connectivity index (χ0) is 11.1. The van der Waals surface area contributed by atoms with Gasteiger partial charge in [-0.15, -0.1) is 0 Å². The van der Waals surface area contributed by atoms with Crippen molar-refractivity contribution in [1.29, 1.82) is 0 Å². The van der Waals surface area contributed by atoms with Crippen LogP contribution in [0, 0.1) is 0 Å². The van der Waals surface area contributed by atoms with Gasteiger partial charge in [0.1, 0.15) is 0 Å². The lowest BCUT2D eigenvalue weighted by Crippen LogP contribution is -2.51. The normalized spacial score (nSPS) is 15.2. The van der Waals surface area contributed by atoms with Gasteiger partial charge in [0, 0.05) is 0 Å². The third kappa shape index (κ3) is 3.72. The summed E-state index contributed by atoms with van der Waals surface area (Å²) >= 11 is 0. The van der Waals surface area contributed by atoms with Crippen LogP contribution in [0.4, 0.5) is 37.0 Å². The van der Waals surface area contributed by atoms with Crippen LogP contribution < -0.4 is 0 Å². The van der Waals surface area contributed by atoms with Crippen molar-refractivity contribution in [1.82, 2.24) is 0 Å². The summed E-state index contributed by atoms with van der Waals surface area (Å²) < 4.78 is 103. The lowest BCUT2D eigenvalue weighted by atomic mass is 11.8. The second-order valence-corrected chi connectivity index (χ2v) is 8.77. The Bertz CT molecular complexity index is 137. The summed E-state index contributed by atoms with van der Waals surface area (Å²) in [5.41, 5.74) is 0. The van der Waals surface area contributed by atoms with Gasteiger partial charge in [0.25, 0.3) is 0 Å². The van der Waals surface area contributed by atoms with Crippen LogP contribution in [0.1, 0.15) is 0 Å². The lowest BCUT2D eigenvalue weighted by molar-refractivity contribution is 0.380. The van der Waals surface area contributed by atoms with E-state index in [4.69, 9.17) is 0 Å². The van der Waals surface area contributed by atoms with E-state index < -0.39 is 32.0 Å². The molecular formula is CHF9Si3. The molecular weight excluding hydrogens is 267 g/mol. The van der Waals surface area contributed by atoms with E-state index in [9.17, 15) is 37.0 Å². The average molecular weight is 268 g/mol. The van der Waals surface area contributed by atoms with Crippen molar-refractivity contribution >= 4 is 27.2 Å². The minimum atomic E-state index is -7.68. The Kier molecular flexibility index (Phi) is 3.31. The molecule has 0 radical (unpaired) electrons. The van der Waals surface area contributed by atoms with Crippen LogP contribution >= 0.6 is 0 Å². The molecule has 0 aliphatic carbocycles. The fraction of sp³-hybridized carbons (Fsp3) is 1.00. The molecule has 0 saturated carbocycles. The molecule has 80 valence electrons. The highest BCUT2D eigenvalue weighted by molar-refractivity contribution is 6.97. The first kappa shape index (κ1) is 13.0. The van der Waals surface area contributed by atoms with Crippen LogP contribution in [0.3, 0.4) is 0 Å². The fourth-order valence-electron chi connectivity index (χ4n) is 0.557. The molecule has 0 aliphatic heterocycles. The molecule has 0 amide bonds. The van der Waals surface area contributed by atoms with Crippen LogP contribution in [0.25, 0.3) is 0 Å². The van der Waals surface area contributed by atoms with Crippen molar-refractivity contribution in [2.45, 2.75) is 4.79 Å². The van der Waals surface area contributed by atoms with Crippen LogP contribution in [0.15, 0.2) is 0 Å². The van der Waals surface area contributed by atoms with Gasteiger partial charge in [0.2, 0.25) is 4.79 Å². The lowest BCUT2D eigenvalue weighted by Gasteiger charge is -2.17. The van der Waals surface area contributed by atoms with Gasteiger partial charge in [0.15, 0.2) is 0 Å². The zero-order valence-corrected chi connectivity index (χ0v) is 8.48. The maximum atomic E-state index is 11.5. The molecule has 0 aromatic rings. The Morgan fingerprint density at radius 1 is 0.462 bits per heavy atom. The maximum absolute atomic E-state index is 11.5. The summed E-state index contributed by atoms with van der Waals surface area (Å²) in [5.74, 6) is 0. The van der Waals surface area contributed by atoms with E-state index in [0.717, 1.165) is 0 Å². The fourth-order valence-corrected chi connectivity index (χ4v) is 5.01. The second kappa shape index (κ2) is 3.30. The number of hydrogen-bond donors (Lipinski definition) is 0. The highest BCUT2D eigenvalue weighted by Gasteiger charge is 2.79. The summed E-state index contributed by atoms with van der Waals surface area (Å²) in [6.07, 6.45) is 0. The van der Waals surface area contributed by atoms with Crippen molar-refractivity contribution in [2.24, 2.45) is 0 Å². The number of rotatable bonds is 3. The van der Waals surface area contributed by atoms with Crippen LogP contribution in [0.2, 0.25) is 4.79 Å². The minimum Gasteiger partial charge on any atom is -0.237 e. The summed E-state index contributed by atoms with van der Waals surface area (Å²) in [7, 11) is -23.1. The predicted molar refractivity (Wildman–Crippen MR) is 31.0 cm³/mol. The second-order valence-electron chi connectivity index (χ2n) is 2.06. The number of hydrogen-bond acceptors (Lipinski definition) is 0. The van der Waals surface area contributed by atoms with Gasteiger partial charge < -0.3 is 0 Å². The quantitative estimate of drug-likeness (QED) is 0.419. The highest BCUT2D eigenvalue weighted by atomic mass is 28.6. The molecule has 0 spiro atoms. The molecule has 0 N–H and O–H groups in total. The smallest absolute Gasteiger partial charge is 0.237 e. The molecule has 0 atom stereocenters. The Morgan fingerprint density at radius 3 is 0.615 bits per heavy atom. The molecule has 0 aromatic heterocycles. The summed E-state index contributed by atoms with van der Waals surface area (Å²) in [6, 6.07) is 0. The van der Waals surface area contributed by atoms with Crippen molar-refractivity contribution < 1.29 is 37.0 Å². The van der Waals surface area contributed by atoms with E-state index in [1.165, 1.54) is 0 Å². The number of halogens is 9. The van der Waals surface area contributed by atoms with E-state index in [2.05, 4.69) is 0 Å². The largest absolute Gasteiger partial charge is 0.630 e. The standard InChI is InChI=1S/CHF9Si3/c2-11(3,4)1(12(5,6)7)13(8,9)10/h1H. The van der Waals surface area contributed by atoms with Gasteiger partial charge >= 0.3 is 27.2 Å². The van der Waals surface area contributed by atoms with Gasteiger partial charge in [-0.25, -0.2) is 37.0 Å². The van der Waals surface area contributed by atoms with Crippen molar-refractivity contribution in [3.05, 3.63) is 0 Å². The Morgan fingerprint density at radius 2 is 0.615 bits per heavy atom. The zero-order valence-electron chi connectivity index (χ0n) is 5.48. The molecule has 0 aromatic carbocycles. The summed E-state index contributed by atoms with van der Waals surface area (Å²) in [5, 5.41) is 0. The first-order chi connectivity index (χ1) is 5.37. The van der Waals surface area contributed by atoms with Gasteiger partial charge in [-0.1, -0.05) is 0 Å². The van der Waals surface area contributed by atoms with Gasteiger partial charge in [-0.05, 0) is 0 Å². The Hall–Kier alpha value is 0.0206. The molecule has 0 aliphatic rings. The van der Waals surface area contributed by atoms with E-state index in [0.29, 0.717) is 0 Å². The maximum Gasteiger partial charge on any atom is 0.630 e. The molecule has 0 rings (SSSR count). The topological polar surface area (TPSA) is 0 Å². The minimum absolute atomic E-state index is 4.85. The molecule has 0 nitrogen and oxygen atoms in total. The molecule has 13 heavy (non-hydrogen) atoms. The molecule has 0 saturated heterocycles. The summed E-state index contributed by atoms with van der Waals surface area (Å²) in [6.45, 7) is 0. The van der Waals surface area contributed by atoms with Crippen molar-refractivity contribution in [3.63, 3.8) is 0 Å². The highest BCUT2D eigenvalue weighted by Crippen LogP contribution is 2.45. The molecule has 0 heterocycles. The third-order valence-electron chi connectivity index (χ3n) is 0.982. The van der Waals surface area contributed by atoms with E-state index in [1.54, 1.807) is 0 Å². The SMILES string of the molecule is F[Si](F)(F)C([Si](F)(F)F)[Si](F)(F)F. The Labute approximate surface area is 69.9 Å². The molecule has 0 fully saturated rings. The van der Waals surface area contributed by atoms with E-state index >= 15 is 0 Å². The van der Waals surface area contributed by atoms with E-state index in [-0.39, 0.29) is 0 Å². The first-order valence-corrected chi connectivity index (χ1v) is 7.70. The third-order valence-corrected chi connectivity index (χ3v) is 8.84. The predicted octanol–water partition coefficient (Wildman–Crippen LogP) is 2.98. The van der Waals surface area contributed by atoms with Gasteiger partial charge in [-0.2, -0.15) is 0 Å².